The van der Waals surface area contributed by atoms with E-state index in [9.17, 15) is 4.79 Å². The first-order valence-electron chi connectivity index (χ1n) is 5.90. The van der Waals surface area contributed by atoms with Gasteiger partial charge in [0.05, 0.1) is 5.75 Å². The molecule has 0 fully saturated rings. The van der Waals surface area contributed by atoms with Crippen molar-refractivity contribution in [3.8, 4) is 0 Å². The van der Waals surface area contributed by atoms with E-state index < -0.39 is 5.97 Å². The highest BCUT2D eigenvalue weighted by Crippen LogP contribution is 2.27. The molecule has 0 saturated heterocycles. The summed E-state index contributed by atoms with van der Waals surface area (Å²) >= 11 is 2.78. The molecule has 0 aliphatic rings. The zero-order valence-electron chi connectivity index (χ0n) is 10.4. The molecule has 6 nitrogen and oxygen atoms in total. The Labute approximate surface area is 118 Å². The smallest absolute Gasteiger partial charge is 0.345 e. The van der Waals surface area contributed by atoms with Gasteiger partial charge in [-0.1, -0.05) is 13.3 Å². The van der Waals surface area contributed by atoms with Crippen LogP contribution in [-0.2, 0) is 12.3 Å². The average Bonchev–Trinajstić information content (AvgIpc) is 3.02. The molecule has 0 atom stereocenters. The normalized spacial score (nSPS) is 10.8. The highest BCUT2D eigenvalue weighted by Gasteiger charge is 2.10. The summed E-state index contributed by atoms with van der Waals surface area (Å²) in [6.45, 7) is 2.95. The van der Waals surface area contributed by atoms with Gasteiger partial charge in [0.1, 0.15) is 4.88 Å². The van der Waals surface area contributed by atoms with Crippen LogP contribution in [0.1, 0.15) is 35.3 Å². The summed E-state index contributed by atoms with van der Waals surface area (Å²) in [6.07, 6.45) is 2.14. The van der Waals surface area contributed by atoms with Crippen LogP contribution in [0.4, 0.5) is 0 Å². The summed E-state index contributed by atoms with van der Waals surface area (Å²) in [5, 5.41) is 22.3. The molecule has 2 rings (SSSR count). The molecule has 8 heteroatoms. The molecule has 0 radical (unpaired) electrons. The third-order valence-corrected chi connectivity index (χ3v) is 4.52. The standard InChI is InChI=1S/C11H14N4O2S2/c1-2-3-4-15-10(12-13-14-15)7-18-8-5-9(11(16)17)19-6-8/h5-6H,2-4,7H2,1H3,(H,16,17). The first kappa shape index (κ1) is 14.0. The maximum atomic E-state index is 10.8. The fraction of sp³-hybridized carbons (Fsp3) is 0.455. The van der Waals surface area contributed by atoms with E-state index in [2.05, 4.69) is 22.4 Å². The number of aromatic carboxylic acids is 1. The lowest BCUT2D eigenvalue weighted by Gasteiger charge is -2.02. The van der Waals surface area contributed by atoms with Gasteiger partial charge in [0.2, 0.25) is 0 Å². The van der Waals surface area contributed by atoms with Crippen LogP contribution in [0.3, 0.4) is 0 Å². The Morgan fingerprint density at radius 2 is 2.42 bits per heavy atom. The molecule has 102 valence electrons. The lowest BCUT2D eigenvalue weighted by molar-refractivity contribution is 0.0702. The number of aryl methyl sites for hydroxylation is 1. The first-order chi connectivity index (χ1) is 9.20. The van der Waals surface area contributed by atoms with Crippen LogP contribution in [0, 0.1) is 0 Å². The van der Waals surface area contributed by atoms with Gasteiger partial charge in [0, 0.05) is 16.8 Å². The van der Waals surface area contributed by atoms with Crippen molar-refractivity contribution in [3.63, 3.8) is 0 Å². The van der Waals surface area contributed by atoms with Gasteiger partial charge >= 0.3 is 5.97 Å². The van der Waals surface area contributed by atoms with E-state index in [-0.39, 0.29) is 0 Å². The molecule has 0 unspecified atom stereocenters. The van der Waals surface area contributed by atoms with E-state index in [1.54, 1.807) is 22.5 Å². The van der Waals surface area contributed by atoms with Gasteiger partial charge in [-0.2, -0.15) is 0 Å². The summed E-state index contributed by atoms with van der Waals surface area (Å²) in [7, 11) is 0. The fourth-order valence-corrected chi connectivity index (χ4v) is 3.26. The van der Waals surface area contributed by atoms with Crippen LogP contribution >= 0.6 is 23.1 Å². The predicted molar refractivity (Wildman–Crippen MR) is 73.6 cm³/mol. The Balaban J connectivity index is 1.94. The van der Waals surface area contributed by atoms with Crippen molar-refractivity contribution >= 4 is 29.1 Å². The monoisotopic (exact) mass is 298 g/mol. The van der Waals surface area contributed by atoms with Gasteiger partial charge in [0.15, 0.2) is 5.82 Å². The van der Waals surface area contributed by atoms with Crippen LogP contribution < -0.4 is 0 Å². The predicted octanol–water partition coefficient (Wildman–Crippen LogP) is 2.53. The highest BCUT2D eigenvalue weighted by molar-refractivity contribution is 7.98. The number of hydrogen-bond acceptors (Lipinski definition) is 6. The Morgan fingerprint density at radius 3 is 3.11 bits per heavy atom. The van der Waals surface area contributed by atoms with Gasteiger partial charge in [-0.25, -0.2) is 9.48 Å². The molecular weight excluding hydrogens is 284 g/mol. The zero-order valence-corrected chi connectivity index (χ0v) is 12.1. The lowest BCUT2D eigenvalue weighted by Crippen LogP contribution is -2.04. The molecule has 0 aliphatic carbocycles. The Kier molecular flexibility index (Phi) is 4.92. The molecule has 0 aliphatic heterocycles. The van der Waals surface area contributed by atoms with Crippen LogP contribution in [0.25, 0.3) is 0 Å². The van der Waals surface area contributed by atoms with Crippen molar-refractivity contribution in [2.24, 2.45) is 0 Å². The number of carboxylic acid groups (broad SMARTS) is 1. The van der Waals surface area contributed by atoms with E-state index in [1.165, 1.54) is 11.3 Å². The summed E-state index contributed by atoms with van der Waals surface area (Å²) < 4.78 is 1.81. The minimum atomic E-state index is -0.885. The Morgan fingerprint density at radius 1 is 1.58 bits per heavy atom. The molecule has 0 aromatic carbocycles. The van der Waals surface area contributed by atoms with Gasteiger partial charge in [-0.15, -0.1) is 28.2 Å². The van der Waals surface area contributed by atoms with E-state index in [4.69, 9.17) is 5.11 Å². The van der Waals surface area contributed by atoms with E-state index in [0.717, 1.165) is 30.1 Å². The molecule has 19 heavy (non-hydrogen) atoms. The van der Waals surface area contributed by atoms with Crippen LogP contribution in [-0.4, -0.2) is 31.3 Å². The number of carboxylic acids is 1. The first-order valence-corrected chi connectivity index (χ1v) is 7.77. The fourth-order valence-electron chi connectivity index (χ4n) is 1.46. The second-order valence-electron chi connectivity index (χ2n) is 3.91. The van der Waals surface area contributed by atoms with Gasteiger partial charge in [-0.3, -0.25) is 0 Å². The second kappa shape index (κ2) is 6.67. The summed E-state index contributed by atoms with van der Waals surface area (Å²) in [4.78, 5) is 12.1. The number of carbonyl (C=O) groups is 1. The van der Waals surface area contributed by atoms with E-state index in [0.29, 0.717) is 10.6 Å². The second-order valence-corrected chi connectivity index (χ2v) is 5.87. The molecule has 1 N–H and O–H groups in total. The van der Waals surface area contributed by atoms with E-state index in [1.807, 2.05) is 5.38 Å². The summed E-state index contributed by atoms with van der Waals surface area (Å²) in [5.74, 6) is 0.582. The molecule has 0 spiro atoms. The van der Waals surface area contributed by atoms with Crippen molar-refractivity contribution in [1.82, 2.24) is 20.2 Å². The minimum absolute atomic E-state index is 0.355. The molecule has 0 bridgehead atoms. The van der Waals surface area contributed by atoms with Crippen molar-refractivity contribution in [2.75, 3.05) is 0 Å². The third kappa shape index (κ3) is 3.77. The number of hydrogen-bond donors (Lipinski definition) is 1. The number of aromatic nitrogens is 4. The number of thiophene rings is 1. The van der Waals surface area contributed by atoms with Crippen LogP contribution in [0.2, 0.25) is 0 Å². The number of unbranched alkanes of at least 4 members (excludes halogenated alkanes) is 1. The van der Waals surface area contributed by atoms with Crippen molar-refractivity contribution in [1.29, 1.82) is 0 Å². The van der Waals surface area contributed by atoms with Crippen LogP contribution in [0.15, 0.2) is 16.3 Å². The molecule has 2 heterocycles. The average molecular weight is 298 g/mol. The maximum absolute atomic E-state index is 10.8. The number of nitrogens with zero attached hydrogens (tertiary/aromatic N) is 4. The Bertz CT molecular complexity index is 552. The van der Waals surface area contributed by atoms with Crippen LogP contribution in [0.5, 0.6) is 0 Å². The Hall–Kier alpha value is -1.41. The molecular formula is C11H14N4O2S2. The molecule has 0 saturated carbocycles. The molecule has 2 aromatic heterocycles. The van der Waals surface area contributed by atoms with E-state index >= 15 is 0 Å². The van der Waals surface area contributed by atoms with Crippen molar-refractivity contribution in [2.45, 2.75) is 37.0 Å². The highest BCUT2D eigenvalue weighted by atomic mass is 32.2. The summed E-state index contributed by atoms with van der Waals surface area (Å²) in [6, 6.07) is 1.68. The minimum Gasteiger partial charge on any atom is -0.477 e. The van der Waals surface area contributed by atoms with Gasteiger partial charge < -0.3 is 5.11 Å². The summed E-state index contributed by atoms with van der Waals surface area (Å²) in [5.41, 5.74) is 0. The van der Waals surface area contributed by atoms with Crippen molar-refractivity contribution in [3.05, 3.63) is 22.1 Å². The maximum Gasteiger partial charge on any atom is 0.345 e. The van der Waals surface area contributed by atoms with Gasteiger partial charge in [-0.05, 0) is 22.9 Å². The zero-order chi connectivity index (χ0) is 13.7. The molecule has 0 amide bonds. The third-order valence-electron chi connectivity index (χ3n) is 2.48. The largest absolute Gasteiger partial charge is 0.477 e. The number of rotatable bonds is 7. The topological polar surface area (TPSA) is 80.9 Å². The lowest BCUT2D eigenvalue weighted by atomic mass is 10.3. The quantitative estimate of drug-likeness (QED) is 0.791. The number of thioether (sulfide) groups is 1. The van der Waals surface area contributed by atoms with Crippen molar-refractivity contribution < 1.29 is 9.90 Å². The SMILES string of the molecule is CCCCn1nnnc1CSc1csc(C(=O)O)c1. The number of tetrazole rings is 1. The van der Waals surface area contributed by atoms with Gasteiger partial charge in [0.25, 0.3) is 0 Å². The molecule has 2 aromatic rings.